The SMILES string of the molecule is CCc1nn(-c2ccccc2)c2c1CN(C(=O)NCCC(C)C)[C@@H](c1ccc(C)cc1)c1cccn1-2. The molecule has 1 aliphatic heterocycles. The largest absolute Gasteiger partial charge is 0.338 e. The molecule has 0 spiro atoms. The molecule has 3 heterocycles. The van der Waals surface area contributed by atoms with Gasteiger partial charge in [-0.05, 0) is 55.5 Å². The first-order valence-corrected chi connectivity index (χ1v) is 12.9. The van der Waals surface area contributed by atoms with E-state index in [-0.39, 0.29) is 12.1 Å². The summed E-state index contributed by atoms with van der Waals surface area (Å²) in [7, 11) is 0. The molecule has 5 rings (SSSR count). The number of carbonyl (C=O) groups excluding carboxylic acids is 1. The molecule has 36 heavy (non-hydrogen) atoms. The summed E-state index contributed by atoms with van der Waals surface area (Å²) < 4.78 is 4.25. The summed E-state index contributed by atoms with van der Waals surface area (Å²) in [5.74, 6) is 1.54. The molecule has 1 N–H and O–H groups in total. The minimum Gasteiger partial charge on any atom is -0.338 e. The van der Waals surface area contributed by atoms with Crippen LogP contribution in [0, 0.1) is 12.8 Å². The van der Waals surface area contributed by atoms with Crippen LogP contribution in [0.25, 0.3) is 11.5 Å². The lowest BCUT2D eigenvalue weighted by molar-refractivity contribution is 0.180. The van der Waals surface area contributed by atoms with E-state index in [0.717, 1.165) is 46.9 Å². The van der Waals surface area contributed by atoms with Gasteiger partial charge in [-0.15, -0.1) is 0 Å². The van der Waals surface area contributed by atoms with Gasteiger partial charge < -0.3 is 14.8 Å². The highest BCUT2D eigenvalue weighted by Gasteiger charge is 2.36. The molecule has 0 saturated heterocycles. The van der Waals surface area contributed by atoms with Crippen molar-refractivity contribution in [2.75, 3.05) is 6.54 Å². The normalized spacial score (nSPS) is 14.9. The number of aromatic nitrogens is 3. The summed E-state index contributed by atoms with van der Waals surface area (Å²) in [4.78, 5) is 15.8. The molecule has 1 aliphatic rings. The van der Waals surface area contributed by atoms with E-state index in [1.165, 1.54) is 5.56 Å². The van der Waals surface area contributed by atoms with Gasteiger partial charge in [0.2, 0.25) is 0 Å². The van der Waals surface area contributed by atoms with Gasteiger partial charge in [0.1, 0.15) is 5.82 Å². The minimum absolute atomic E-state index is 0.0451. The Morgan fingerprint density at radius 3 is 2.50 bits per heavy atom. The molecule has 4 aromatic rings. The molecule has 0 unspecified atom stereocenters. The summed E-state index contributed by atoms with van der Waals surface area (Å²) >= 11 is 0. The topological polar surface area (TPSA) is 55.1 Å². The van der Waals surface area contributed by atoms with Crippen molar-refractivity contribution in [3.63, 3.8) is 0 Å². The standard InChI is InChI=1S/C30H35N5O/c1-5-26-25-20-34(30(36)31-18-17-21(2)3)28(23-15-13-22(4)14-16-23)27-12-9-19-33(27)29(25)35(32-26)24-10-7-6-8-11-24/h6-16,19,21,28H,5,17-18,20H2,1-4H3,(H,31,36)/t28-/m0/s1. The Kier molecular flexibility index (Phi) is 6.68. The van der Waals surface area contributed by atoms with Crippen LogP contribution in [0.4, 0.5) is 4.79 Å². The van der Waals surface area contributed by atoms with Crippen molar-refractivity contribution >= 4 is 6.03 Å². The van der Waals surface area contributed by atoms with Crippen molar-refractivity contribution < 1.29 is 4.79 Å². The van der Waals surface area contributed by atoms with Gasteiger partial charge in [0.05, 0.1) is 29.7 Å². The lowest BCUT2D eigenvalue weighted by atomic mass is 10.0. The van der Waals surface area contributed by atoms with Crippen molar-refractivity contribution in [3.05, 3.63) is 101 Å². The molecule has 186 valence electrons. The molecular weight excluding hydrogens is 446 g/mol. The Balaban J connectivity index is 1.68. The van der Waals surface area contributed by atoms with Gasteiger partial charge in [0.25, 0.3) is 0 Å². The van der Waals surface area contributed by atoms with Crippen LogP contribution in [0.3, 0.4) is 0 Å². The van der Waals surface area contributed by atoms with E-state index in [1.807, 2.05) is 27.8 Å². The second kappa shape index (κ2) is 10.1. The number of nitrogens with one attached hydrogen (secondary N) is 1. The highest BCUT2D eigenvalue weighted by atomic mass is 16.2. The van der Waals surface area contributed by atoms with Crippen molar-refractivity contribution in [3.8, 4) is 11.5 Å². The summed E-state index contributed by atoms with van der Waals surface area (Å²) in [6, 6.07) is 22.7. The second-order valence-electron chi connectivity index (χ2n) is 10.0. The van der Waals surface area contributed by atoms with Crippen LogP contribution in [0.1, 0.15) is 61.3 Å². The average Bonchev–Trinajstić information content (AvgIpc) is 3.46. The first-order chi connectivity index (χ1) is 17.5. The van der Waals surface area contributed by atoms with Crippen LogP contribution >= 0.6 is 0 Å². The quantitative estimate of drug-likeness (QED) is 0.357. The molecule has 6 nitrogen and oxygen atoms in total. The molecule has 0 radical (unpaired) electrons. The fourth-order valence-corrected chi connectivity index (χ4v) is 5.02. The Labute approximate surface area is 213 Å². The molecular formula is C30H35N5O. The molecule has 2 aromatic heterocycles. The van der Waals surface area contributed by atoms with E-state index < -0.39 is 0 Å². The zero-order valence-corrected chi connectivity index (χ0v) is 21.6. The zero-order valence-electron chi connectivity index (χ0n) is 21.6. The van der Waals surface area contributed by atoms with E-state index in [2.05, 4.69) is 92.3 Å². The number of urea groups is 1. The zero-order chi connectivity index (χ0) is 25.2. The summed E-state index contributed by atoms with van der Waals surface area (Å²) in [5.41, 5.74) is 6.46. The molecule has 0 saturated carbocycles. The van der Waals surface area contributed by atoms with E-state index >= 15 is 0 Å². The third kappa shape index (κ3) is 4.43. The number of hydrogen-bond donors (Lipinski definition) is 1. The van der Waals surface area contributed by atoms with Crippen LogP contribution in [-0.4, -0.2) is 31.8 Å². The highest BCUT2D eigenvalue weighted by Crippen LogP contribution is 2.38. The van der Waals surface area contributed by atoms with Crippen LogP contribution in [0.15, 0.2) is 72.9 Å². The molecule has 2 aromatic carbocycles. The minimum atomic E-state index is -0.221. The van der Waals surface area contributed by atoms with E-state index in [4.69, 9.17) is 5.10 Å². The van der Waals surface area contributed by atoms with Gasteiger partial charge in [-0.2, -0.15) is 5.10 Å². The number of rotatable bonds is 6. The summed E-state index contributed by atoms with van der Waals surface area (Å²) in [5, 5.41) is 8.23. The van der Waals surface area contributed by atoms with Crippen LogP contribution < -0.4 is 5.32 Å². The Hall–Kier alpha value is -3.80. The van der Waals surface area contributed by atoms with E-state index in [1.54, 1.807) is 0 Å². The predicted octanol–water partition coefficient (Wildman–Crippen LogP) is 6.19. The van der Waals surface area contributed by atoms with Gasteiger partial charge in [0, 0.05) is 18.3 Å². The number of aryl methyl sites for hydroxylation is 2. The Morgan fingerprint density at radius 1 is 1.06 bits per heavy atom. The van der Waals surface area contributed by atoms with Crippen LogP contribution in [0.5, 0.6) is 0 Å². The number of para-hydroxylation sites is 1. The monoisotopic (exact) mass is 481 g/mol. The number of fused-ring (bicyclic) bond motifs is 3. The first kappa shape index (κ1) is 23.9. The maximum Gasteiger partial charge on any atom is 0.318 e. The summed E-state index contributed by atoms with van der Waals surface area (Å²) in [6.45, 7) is 9.72. The number of nitrogens with zero attached hydrogens (tertiary/aromatic N) is 4. The predicted molar refractivity (Wildman–Crippen MR) is 144 cm³/mol. The molecule has 1 atom stereocenters. The van der Waals surface area contributed by atoms with Gasteiger partial charge in [-0.3, -0.25) is 0 Å². The number of benzene rings is 2. The van der Waals surface area contributed by atoms with E-state index in [9.17, 15) is 4.79 Å². The molecule has 0 fully saturated rings. The lowest BCUT2D eigenvalue weighted by Gasteiger charge is -2.31. The van der Waals surface area contributed by atoms with Gasteiger partial charge >= 0.3 is 6.03 Å². The Morgan fingerprint density at radius 2 is 1.81 bits per heavy atom. The fraction of sp³-hybridized carbons (Fsp3) is 0.333. The molecule has 6 heteroatoms. The second-order valence-corrected chi connectivity index (χ2v) is 10.0. The maximum absolute atomic E-state index is 13.8. The third-order valence-electron chi connectivity index (χ3n) is 6.96. The third-order valence-corrected chi connectivity index (χ3v) is 6.96. The van der Waals surface area contributed by atoms with Crippen molar-refractivity contribution in [2.45, 2.75) is 53.1 Å². The smallest absolute Gasteiger partial charge is 0.318 e. The van der Waals surface area contributed by atoms with E-state index in [0.29, 0.717) is 19.0 Å². The van der Waals surface area contributed by atoms with Gasteiger partial charge in [0.15, 0.2) is 0 Å². The molecule has 0 aliphatic carbocycles. The molecule has 2 amide bonds. The van der Waals surface area contributed by atoms with Crippen molar-refractivity contribution in [2.24, 2.45) is 5.92 Å². The van der Waals surface area contributed by atoms with Crippen molar-refractivity contribution in [1.29, 1.82) is 0 Å². The van der Waals surface area contributed by atoms with Crippen LogP contribution in [-0.2, 0) is 13.0 Å². The number of amides is 2. The molecule has 0 bridgehead atoms. The first-order valence-electron chi connectivity index (χ1n) is 12.9. The van der Waals surface area contributed by atoms with Gasteiger partial charge in [-0.25, -0.2) is 9.48 Å². The van der Waals surface area contributed by atoms with Gasteiger partial charge in [-0.1, -0.05) is 68.8 Å². The fourth-order valence-electron chi connectivity index (χ4n) is 5.02. The highest BCUT2D eigenvalue weighted by molar-refractivity contribution is 5.76. The van der Waals surface area contributed by atoms with Crippen molar-refractivity contribution in [1.82, 2.24) is 24.6 Å². The summed E-state index contributed by atoms with van der Waals surface area (Å²) in [6.07, 6.45) is 3.83. The van der Waals surface area contributed by atoms with Crippen LogP contribution in [0.2, 0.25) is 0 Å². The average molecular weight is 482 g/mol. The number of hydrogen-bond acceptors (Lipinski definition) is 2. The maximum atomic E-state index is 13.8. The lowest BCUT2D eigenvalue weighted by Crippen LogP contribution is -2.42. The number of carbonyl (C=O) groups is 1. The Bertz CT molecular complexity index is 1330.